The summed E-state index contributed by atoms with van der Waals surface area (Å²) in [6, 6.07) is 28.2. The van der Waals surface area contributed by atoms with Crippen molar-refractivity contribution in [1.29, 1.82) is 5.26 Å². The lowest BCUT2D eigenvalue weighted by Crippen LogP contribution is -2.14. The molecule has 1 aliphatic rings. The number of nitrogens with zero attached hydrogens (tertiary/aromatic N) is 3. The zero-order valence-corrected chi connectivity index (χ0v) is 16.5. The van der Waals surface area contributed by atoms with Crippen LogP contribution in [-0.4, -0.2) is 9.55 Å². The summed E-state index contributed by atoms with van der Waals surface area (Å²) in [6.45, 7) is 0. The number of fused-ring (bicyclic) bond motifs is 2. The van der Waals surface area contributed by atoms with Crippen LogP contribution in [0, 0.1) is 11.3 Å². The van der Waals surface area contributed by atoms with Crippen molar-refractivity contribution in [1.82, 2.24) is 9.55 Å². The van der Waals surface area contributed by atoms with Crippen LogP contribution < -0.4 is 4.74 Å². The van der Waals surface area contributed by atoms with E-state index in [9.17, 15) is 5.26 Å². The summed E-state index contributed by atoms with van der Waals surface area (Å²) in [4.78, 5) is 4.70. The Labute approximate surface area is 175 Å². The number of aromatic nitrogens is 2. The average Bonchev–Trinajstić information content (AvgIpc) is 3.14. The summed E-state index contributed by atoms with van der Waals surface area (Å²) in [6.07, 6.45) is 3.70. The fourth-order valence-corrected chi connectivity index (χ4v) is 3.86. The number of imidazole rings is 1. The first-order valence-corrected chi connectivity index (χ1v) is 9.80. The molecule has 4 heteroatoms. The van der Waals surface area contributed by atoms with Crippen LogP contribution in [0.15, 0.2) is 90.5 Å². The highest BCUT2D eigenvalue weighted by Gasteiger charge is 2.24. The Morgan fingerprint density at radius 3 is 2.53 bits per heavy atom. The molecule has 0 saturated carbocycles. The fraction of sp³-hybridized carbons (Fsp3) is 0.0769. The number of nitriles is 1. The Balaban J connectivity index is 1.66. The minimum atomic E-state index is -0.292. The van der Waals surface area contributed by atoms with Gasteiger partial charge >= 0.3 is 0 Å². The van der Waals surface area contributed by atoms with Gasteiger partial charge in [-0.2, -0.15) is 5.26 Å². The van der Waals surface area contributed by atoms with Gasteiger partial charge in [-0.25, -0.2) is 4.98 Å². The Kier molecular flexibility index (Phi) is 4.42. The first-order chi connectivity index (χ1) is 14.7. The highest BCUT2D eigenvalue weighted by Crippen LogP contribution is 2.38. The molecule has 0 amide bonds. The van der Waals surface area contributed by atoms with Gasteiger partial charge in [0.15, 0.2) is 5.82 Å². The lowest BCUT2D eigenvalue weighted by atomic mass is 9.94. The van der Waals surface area contributed by atoms with E-state index < -0.39 is 0 Å². The van der Waals surface area contributed by atoms with Crippen LogP contribution in [0.2, 0.25) is 0 Å². The topological polar surface area (TPSA) is 50.8 Å². The summed E-state index contributed by atoms with van der Waals surface area (Å²) in [5.41, 5.74) is 5.32. The second-order valence-corrected chi connectivity index (χ2v) is 7.24. The first kappa shape index (κ1) is 18.0. The standard InChI is InChI=1S/C26H19N3O/c1-29-23-13-7-6-12-22(23)28-26(29)21(17-27)16-20-15-19-11-5-8-14-24(19)30-25(20)18-9-3-2-4-10-18/h2-16,25H,1H3/b21-16+. The van der Waals surface area contributed by atoms with Crippen LogP contribution >= 0.6 is 0 Å². The molecule has 30 heavy (non-hydrogen) atoms. The number of para-hydroxylation sites is 3. The molecule has 0 spiro atoms. The first-order valence-electron chi connectivity index (χ1n) is 9.80. The van der Waals surface area contributed by atoms with E-state index in [1.165, 1.54) is 0 Å². The second kappa shape index (κ2) is 7.38. The summed E-state index contributed by atoms with van der Waals surface area (Å²) in [5, 5.41) is 9.97. The molecule has 2 heterocycles. The van der Waals surface area contributed by atoms with Gasteiger partial charge < -0.3 is 9.30 Å². The number of hydrogen-bond acceptors (Lipinski definition) is 3. The lowest BCUT2D eigenvalue weighted by molar-refractivity contribution is 0.243. The van der Waals surface area contributed by atoms with Crippen molar-refractivity contribution in [2.75, 3.05) is 0 Å². The zero-order valence-electron chi connectivity index (χ0n) is 16.5. The van der Waals surface area contributed by atoms with Crippen molar-refractivity contribution in [2.45, 2.75) is 6.10 Å². The van der Waals surface area contributed by atoms with Crippen molar-refractivity contribution in [3.05, 3.63) is 107 Å². The number of benzene rings is 3. The highest BCUT2D eigenvalue weighted by atomic mass is 16.5. The molecule has 5 rings (SSSR count). The molecule has 1 aliphatic heterocycles. The minimum Gasteiger partial charge on any atom is -0.480 e. The Bertz CT molecular complexity index is 1340. The van der Waals surface area contributed by atoms with E-state index in [0.29, 0.717) is 11.4 Å². The number of ether oxygens (including phenoxy) is 1. The Morgan fingerprint density at radius 1 is 1.00 bits per heavy atom. The van der Waals surface area contributed by atoms with Gasteiger partial charge in [-0.1, -0.05) is 60.7 Å². The molecule has 4 aromatic rings. The molecule has 0 radical (unpaired) electrons. The van der Waals surface area contributed by atoms with Gasteiger partial charge in [0.25, 0.3) is 0 Å². The van der Waals surface area contributed by atoms with Crippen LogP contribution in [0.1, 0.15) is 23.1 Å². The van der Waals surface area contributed by atoms with Gasteiger partial charge in [-0.05, 0) is 41.5 Å². The number of aryl methyl sites for hydroxylation is 1. The Morgan fingerprint density at radius 2 is 1.73 bits per heavy atom. The van der Waals surface area contributed by atoms with Crippen LogP contribution in [-0.2, 0) is 7.05 Å². The number of hydrogen-bond donors (Lipinski definition) is 0. The molecule has 3 aromatic carbocycles. The monoisotopic (exact) mass is 389 g/mol. The molecule has 0 N–H and O–H groups in total. The highest BCUT2D eigenvalue weighted by molar-refractivity contribution is 5.85. The molecular weight excluding hydrogens is 370 g/mol. The summed E-state index contributed by atoms with van der Waals surface area (Å²) in [7, 11) is 1.94. The lowest BCUT2D eigenvalue weighted by Gasteiger charge is -2.26. The van der Waals surface area contributed by atoms with Crippen molar-refractivity contribution < 1.29 is 4.74 Å². The van der Waals surface area contributed by atoms with Gasteiger partial charge in [-0.3, -0.25) is 0 Å². The van der Waals surface area contributed by atoms with Gasteiger partial charge in [0.2, 0.25) is 0 Å². The molecular formula is C26H19N3O. The third-order valence-electron chi connectivity index (χ3n) is 5.35. The van der Waals surface area contributed by atoms with E-state index in [2.05, 4.69) is 12.1 Å². The Hall–Kier alpha value is -4.10. The molecule has 1 atom stereocenters. The normalized spacial score (nSPS) is 15.8. The van der Waals surface area contributed by atoms with Crippen molar-refractivity contribution in [3.63, 3.8) is 0 Å². The van der Waals surface area contributed by atoms with Crippen molar-refractivity contribution in [3.8, 4) is 11.8 Å². The molecule has 144 valence electrons. The quantitative estimate of drug-likeness (QED) is 0.423. The third-order valence-corrected chi connectivity index (χ3v) is 5.35. The second-order valence-electron chi connectivity index (χ2n) is 7.24. The molecule has 1 aromatic heterocycles. The van der Waals surface area contributed by atoms with E-state index in [0.717, 1.165) is 33.5 Å². The van der Waals surface area contributed by atoms with E-state index in [1.807, 2.05) is 96.6 Å². The maximum absolute atomic E-state index is 9.97. The van der Waals surface area contributed by atoms with Crippen LogP contribution in [0.3, 0.4) is 0 Å². The molecule has 0 bridgehead atoms. The maximum atomic E-state index is 9.97. The van der Waals surface area contributed by atoms with E-state index in [1.54, 1.807) is 0 Å². The number of rotatable bonds is 3. The summed E-state index contributed by atoms with van der Waals surface area (Å²) >= 11 is 0. The summed E-state index contributed by atoms with van der Waals surface area (Å²) in [5.74, 6) is 1.48. The largest absolute Gasteiger partial charge is 0.480 e. The van der Waals surface area contributed by atoms with Gasteiger partial charge in [0, 0.05) is 12.6 Å². The van der Waals surface area contributed by atoms with E-state index in [4.69, 9.17) is 9.72 Å². The SMILES string of the molecule is Cn1c(/C(C#N)=C/C2=Cc3ccccc3OC2c2ccccc2)nc2ccccc21. The van der Waals surface area contributed by atoms with Crippen molar-refractivity contribution >= 4 is 22.7 Å². The average molecular weight is 389 g/mol. The van der Waals surface area contributed by atoms with Crippen LogP contribution in [0.25, 0.3) is 22.7 Å². The fourth-order valence-electron chi connectivity index (χ4n) is 3.86. The molecule has 4 nitrogen and oxygen atoms in total. The molecule has 1 unspecified atom stereocenters. The van der Waals surface area contributed by atoms with Gasteiger partial charge in [0.05, 0.1) is 16.6 Å². The maximum Gasteiger partial charge on any atom is 0.151 e. The summed E-state index contributed by atoms with van der Waals surface area (Å²) < 4.78 is 8.31. The van der Waals surface area contributed by atoms with Gasteiger partial charge in [-0.15, -0.1) is 0 Å². The molecule has 0 aliphatic carbocycles. The minimum absolute atomic E-state index is 0.292. The molecule has 0 fully saturated rings. The van der Waals surface area contributed by atoms with E-state index >= 15 is 0 Å². The van der Waals surface area contributed by atoms with E-state index in [-0.39, 0.29) is 6.10 Å². The van der Waals surface area contributed by atoms with Crippen LogP contribution in [0.5, 0.6) is 5.75 Å². The predicted octanol–water partition coefficient (Wildman–Crippen LogP) is 5.70. The smallest absolute Gasteiger partial charge is 0.151 e. The van der Waals surface area contributed by atoms with Crippen molar-refractivity contribution in [2.24, 2.45) is 7.05 Å². The predicted molar refractivity (Wildman–Crippen MR) is 119 cm³/mol. The molecule has 0 saturated heterocycles. The van der Waals surface area contributed by atoms with Gasteiger partial charge in [0.1, 0.15) is 17.9 Å². The number of allylic oxidation sites excluding steroid dienone is 1. The van der Waals surface area contributed by atoms with Crippen LogP contribution in [0.4, 0.5) is 0 Å². The zero-order chi connectivity index (χ0) is 20.5. The third kappa shape index (κ3) is 3.07.